The van der Waals surface area contributed by atoms with Gasteiger partial charge in [0.15, 0.2) is 11.5 Å². The van der Waals surface area contributed by atoms with Gasteiger partial charge in [-0.2, -0.15) is 4.31 Å². The molecule has 2 fully saturated rings. The fourth-order valence-electron chi connectivity index (χ4n) is 4.54. The molecule has 0 aromatic heterocycles. The highest BCUT2D eigenvalue weighted by Crippen LogP contribution is 2.45. The standard InChI is InChI=1S/C24H31NO7S/c1-17-5-7-19(8-6-17)33(26,27)25-10-12-32-24(16-25)9-11-31-22(15-24)18-13-20(28-2)23(30-4)21(14-18)29-3/h5-8,13-14,22H,9-12,15-16H2,1-4H3/t22-,24-/m0/s1. The van der Waals surface area contributed by atoms with Crippen molar-refractivity contribution in [2.24, 2.45) is 0 Å². The first kappa shape index (κ1) is 23.8. The molecule has 33 heavy (non-hydrogen) atoms. The molecule has 180 valence electrons. The van der Waals surface area contributed by atoms with Crippen molar-refractivity contribution in [3.05, 3.63) is 47.5 Å². The number of hydrogen-bond donors (Lipinski definition) is 0. The monoisotopic (exact) mass is 477 g/mol. The summed E-state index contributed by atoms with van der Waals surface area (Å²) in [4.78, 5) is 0.304. The van der Waals surface area contributed by atoms with Crippen LogP contribution in [-0.4, -0.2) is 66.0 Å². The topological polar surface area (TPSA) is 83.5 Å². The van der Waals surface area contributed by atoms with Crippen molar-refractivity contribution in [1.29, 1.82) is 0 Å². The Balaban J connectivity index is 1.59. The SMILES string of the molecule is COc1cc([C@@H]2C[C@@]3(CCO2)CN(S(=O)(=O)c2ccc(C)cc2)CCO3)cc(OC)c1OC. The third kappa shape index (κ3) is 4.68. The van der Waals surface area contributed by atoms with Gasteiger partial charge in [0.25, 0.3) is 0 Å². The van der Waals surface area contributed by atoms with Crippen molar-refractivity contribution in [2.45, 2.75) is 36.4 Å². The third-order valence-corrected chi connectivity index (χ3v) is 8.22. The average Bonchev–Trinajstić information content (AvgIpc) is 2.83. The molecule has 0 N–H and O–H groups in total. The smallest absolute Gasteiger partial charge is 0.243 e. The molecule has 2 heterocycles. The van der Waals surface area contributed by atoms with Crippen molar-refractivity contribution < 1.29 is 32.1 Å². The molecule has 9 heteroatoms. The molecule has 0 aliphatic carbocycles. The molecule has 0 bridgehead atoms. The lowest BCUT2D eigenvalue weighted by Gasteiger charge is -2.46. The van der Waals surface area contributed by atoms with Crippen molar-refractivity contribution >= 4 is 10.0 Å². The number of hydrogen-bond acceptors (Lipinski definition) is 7. The van der Waals surface area contributed by atoms with Crippen LogP contribution in [0.4, 0.5) is 0 Å². The van der Waals surface area contributed by atoms with Crippen LogP contribution in [-0.2, 0) is 19.5 Å². The summed E-state index contributed by atoms with van der Waals surface area (Å²) in [7, 11) is 1.09. The summed E-state index contributed by atoms with van der Waals surface area (Å²) in [6, 6.07) is 10.7. The Morgan fingerprint density at radius 2 is 1.67 bits per heavy atom. The highest BCUT2D eigenvalue weighted by atomic mass is 32.2. The Morgan fingerprint density at radius 3 is 2.27 bits per heavy atom. The number of ether oxygens (including phenoxy) is 5. The fourth-order valence-corrected chi connectivity index (χ4v) is 6.03. The van der Waals surface area contributed by atoms with Gasteiger partial charge in [0, 0.05) is 25.9 Å². The highest BCUT2D eigenvalue weighted by Gasteiger charge is 2.45. The zero-order valence-electron chi connectivity index (χ0n) is 19.5. The Hall–Kier alpha value is -2.33. The van der Waals surface area contributed by atoms with Gasteiger partial charge in [0.1, 0.15) is 0 Å². The maximum Gasteiger partial charge on any atom is 0.243 e. The van der Waals surface area contributed by atoms with Crippen molar-refractivity contribution in [3.63, 3.8) is 0 Å². The molecule has 0 amide bonds. The van der Waals surface area contributed by atoms with E-state index in [2.05, 4.69) is 0 Å². The second kappa shape index (κ2) is 9.50. The largest absolute Gasteiger partial charge is 0.493 e. The summed E-state index contributed by atoms with van der Waals surface area (Å²) in [6.45, 7) is 3.35. The molecule has 2 saturated heterocycles. The van der Waals surface area contributed by atoms with Crippen LogP contribution in [0.2, 0.25) is 0 Å². The first-order valence-electron chi connectivity index (χ1n) is 10.9. The lowest BCUT2D eigenvalue weighted by molar-refractivity contribution is -0.163. The summed E-state index contributed by atoms with van der Waals surface area (Å²) in [5, 5.41) is 0. The first-order valence-corrected chi connectivity index (χ1v) is 12.4. The minimum Gasteiger partial charge on any atom is -0.493 e. The van der Waals surface area contributed by atoms with Gasteiger partial charge >= 0.3 is 0 Å². The summed E-state index contributed by atoms with van der Waals surface area (Å²) in [5.41, 5.74) is 1.26. The quantitative estimate of drug-likeness (QED) is 0.631. The maximum absolute atomic E-state index is 13.3. The van der Waals surface area contributed by atoms with Crippen LogP contribution in [0.25, 0.3) is 0 Å². The molecule has 0 unspecified atom stereocenters. The average molecular weight is 478 g/mol. The zero-order valence-corrected chi connectivity index (χ0v) is 20.3. The van der Waals surface area contributed by atoms with Crippen LogP contribution in [0.15, 0.2) is 41.3 Å². The van der Waals surface area contributed by atoms with Crippen molar-refractivity contribution in [2.75, 3.05) is 47.6 Å². The highest BCUT2D eigenvalue weighted by molar-refractivity contribution is 7.89. The van der Waals surface area contributed by atoms with E-state index in [9.17, 15) is 8.42 Å². The summed E-state index contributed by atoms with van der Waals surface area (Å²) in [5.74, 6) is 1.60. The van der Waals surface area contributed by atoms with E-state index in [-0.39, 0.29) is 12.6 Å². The van der Waals surface area contributed by atoms with Gasteiger partial charge < -0.3 is 23.7 Å². The van der Waals surface area contributed by atoms with Crippen LogP contribution >= 0.6 is 0 Å². The lowest BCUT2D eigenvalue weighted by Crippen LogP contribution is -2.56. The normalized spacial score (nSPS) is 23.9. The number of methoxy groups -OCH3 is 3. The van der Waals surface area contributed by atoms with Gasteiger partial charge in [-0.1, -0.05) is 17.7 Å². The Morgan fingerprint density at radius 1 is 1.00 bits per heavy atom. The molecular formula is C24H31NO7S. The van der Waals surface area contributed by atoms with Gasteiger partial charge in [-0.3, -0.25) is 0 Å². The molecule has 2 atom stereocenters. The lowest BCUT2D eigenvalue weighted by atomic mass is 9.86. The molecule has 2 aliphatic heterocycles. The number of aryl methyl sites for hydroxylation is 1. The molecule has 4 rings (SSSR count). The molecule has 2 aromatic rings. The minimum absolute atomic E-state index is 0.285. The minimum atomic E-state index is -3.61. The van der Waals surface area contributed by atoms with E-state index in [0.717, 1.165) is 11.1 Å². The van der Waals surface area contributed by atoms with Crippen LogP contribution in [0, 0.1) is 6.92 Å². The number of morpholine rings is 1. The summed E-state index contributed by atoms with van der Waals surface area (Å²) >= 11 is 0. The van der Waals surface area contributed by atoms with E-state index in [1.165, 1.54) is 0 Å². The summed E-state index contributed by atoms with van der Waals surface area (Å²) < 4.78 is 56.9. The molecule has 0 radical (unpaired) electrons. The number of sulfonamides is 1. The van der Waals surface area contributed by atoms with Gasteiger partial charge in [-0.05, 0) is 36.8 Å². The molecular weight excluding hydrogens is 446 g/mol. The van der Waals surface area contributed by atoms with Crippen molar-refractivity contribution in [3.8, 4) is 17.2 Å². The predicted octanol–water partition coefficient (Wildman–Crippen LogP) is 3.33. The van der Waals surface area contributed by atoms with Gasteiger partial charge in [0.05, 0.1) is 51.1 Å². The van der Waals surface area contributed by atoms with Crippen LogP contribution in [0.5, 0.6) is 17.2 Å². The van der Waals surface area contributed by atoms with E-state index in [4.69, 9.17) is 23.7 Å². The first-order chi connectivity index (χ1) is 15.8. The van der Waals surface area contributed by atoms with Gasteiger partial charge in [-0.15, -0.1) is 0 Å². The molecule has 0 saturated carbocycles. The van der Waals surface area contributed by atoms with Crippen LogP contribution < -0.4 is 14.2 Å². The zero-order chi connectivity index (χ0) is 23.6. The Kier molecular flexibility index (Phi) is 6.86. The second-order valence-corrected chi connectivity index (χ2v) is 10.4. The molecule has 2 aliphatic rings. The third-order valence-electron chi connectivity index (χ3n) is 6.37. The molecule has 2 aromatic carbocycles. The van der Waals surface area contributed by atoms with E-state index < -0.39 is 15.6 Å². The van der Waals surface area contributed by atoms with E-state index in [0.29, 0.717) is 54.7 Å². The number of benzene rings is 2. The number of nitrogens with zero attached hydrogens (tertiary/aromatic N) is 1. The second-order valence-electron chi connectivity index (χ2n) is 8.46. The molecule has 1 spiro atoms. The fraction of sp³-hybridized carbons (Fsp3) is 0.500. The van der Waals surface area contributed by atoms with E-state index in [1.807, 2.05) is 31.2 Å². The predicted molar refractivity (Wildman–Crippen MR) is 123 cm³/mol. The van der Waals surface area contributed by atoms with Crippen LogP contribution in [0.3, 0.4) is 0 Å². The Bertz CT molecular complexity index is 1060. The van der Waals surface area contributed by atoms with Gasteiger partial charge in [0.2, 0.25) is 15.8 Å². The molecule has 8 nitrogen and oxygen atoms in total. The maximum atomic E-state index is 13.3. The number of rotatable bonds is 6. The Labute approximate surface area is 195 Å². The van der Waals surface area contributed by atoms with Gasteiger partial charge in [-0.25, -0.2) is 8.42 Å². The van der Waals surface area contributed by atoms with E-state index in [1.54, 1.807) is 37.8 Å². The van der Waals surface area contributed by atoms with Crippen molar-refractivity contribution in [1.82, 2.24) is 4.31 Å². The van der Waals surface area contributed by atoms with Crippen LogP contribution in [0.1, 0.15) is 30.1 Å². The summed E-state index contributed by atoms with van der Waals surface area (Å²) in [6.07, 6.45) is 0.842. The van der Waals surface area contributed by atoms with E-state index >= 15 is 0 Å².